The van der Waals surface area contributed by atoms with E-state index >= 15 is 0 Å². The molecule has 1 saturated heterocycles. The minimum Gasteiger partial charge on any atom is -0.463 e. The Labute approximate surface area is 234 Å². The second kappa shape index (κ2) is 11.3. The SMILES string of the molecule is CCOC(=O)/C=C/c1cc2c(c(-c3cc4cc(CN5CCCCC5)ccc4n3C(=O)OC(C)(C)C)c1)C(=O)NC2. The zero-order chi connectivity index (χ0) is 28.4. The van der Waals surface area contributed by atoms with Crippen LogP contribution in [0.1, 0.15) is 74.0 Å². The summed E-state index contributed by atoms with van der Waals surface area (Å²) < 4.78 is 12.4. The number of ether oxygens (including phenoxy) is 2. The first-order chi connectivity index (χ1) is 19.1. The van der Waals surface area contributed by atoms with Crippen molar-refractivity contribution in [2.45, 2.75) is 65.6 Å². The highest BCUT2D eigenvalue weighted by Crippen LogP contribution is 2.36. The highest BCUT2D eigenvalue weighted by atomic mass is 16.6. The molecule has 2 aliphatic rings. The quantitative estimate of drug-likeness (QED) is 0.308. The topological polar surface area (TPSA) is 89.9 Å². The number of carbonyl (C=O) groups is 3. The molecule has 0 saturated carbocycles. The first kappa shape index (κ1) is 27.6. The van der Waals surface area contributed by atoms with Crippen molar-refractivity contribution in [3.63, 3.8) is 0 Å². The maximum absolute atomic E-state index is 13.6. The van der Waals surface area contributed by atoms with Gasteiger partial charge in [0.05, 0.1) is 23.4 Å². The molecule has 0 bridgehead atoms. The average Bonchev–Trinajstić information content (AvgIpc) is 3.47. The van der Waals surface area contributed by atoms with Crippen LogP contribution in [-0.4, -0.2) is 52.7 Å². The molecule has 2 aliphatic heterocycles. The number of esters is 1. The molecule has 0 atom stereocenters. The highest BCUT2D eigenvalue weighted by Gasteiger charge is 2.29. The number of rotatable bonds is 6. The third-order valence-electron chi connectivity index (χ3n) is 7.18. The largest absolute Gasteiger partial charge is 0.463 e. The molecule has 5 rings (SSSR count). The fourth-order valence-corrected chi connectivity index (χ4v) is 5.49. The lowest BCUT2D eigenvalue weighted by molar-refractivity contribution is -0.137. The van der Waals surface area contributed by atoms with Crippen LogP contribution >= 0.6 is 0 Å². The van der Waals surface area contributed by atoms with E-state index in [4.69, 9.17) is 9.47 Å². The van der Waals surface area contributed by atoms with Gasteiger partial charge in [-0.2, -0.15) is 0 Å². The van der Waals surface area contributed by atoms with Gasteiger partial charge in [-0.1, -0.05) is 12.5 Å². The summed E-state index contributed by atoms with van der Waals surface area (Å²) >= 11 is 0. The van der Waals surface area contributed by atoms with E-state index in [-0.39, 0.29) is 12.5 Å². The van der Waals surface area contributed by atoms with Crippen LogP contribution in [0.5, 0.6) is 0 Å². The van der Waals surface area contributed by atoms with Gasteiger partial charge in [0.1, 0.15) is 5.60 Å². The molecule has 1 amide bonds. The fourth-order valence-electron chi connectivity index (χ4n) is 5.49. The molecule has 40 heavy (non-hydrogen) atoms. The number of aromatic nitrogens is 1. The monoisotopic (exact) mass is 543 g/mol. The first-order valence-electron chi connectivity index (χ1n) is 14.0. The summed E-state index contributed by atoms with van der Waals surface area (Å²) in [6, 6.07) is 11.8. The Kier molecular flexibility index (Phi) is 7.81. The minimum absolute atomic E-state index is 0.197. The summed E-state index contributed by atoms with van der Waals surface area (Å²) in [7, 11) is 0. The zero-order valence-corrected chi connectivity index (χ0v) is 23.7. The van der Waals surface area contributed by atoms with Gasteiger partial charge in [-0.3, -0.25) is 9.69 Å². The van der Waals surface area contributed by atoms with Crippen LogP contribution in [0.2, 0.25) is 0 Å². The zero-order valence-electron chi connectivity index (χ0n) is 23.7. The van der Waals surface area contributed by atoms with Crippen molar-refractivity contribution in [3.8, 4) is 11.3 Å². The summed E-state index contributed by atoms with van der Waals surface area (Å²) in [6.45, 7) is 10.9. The predicted octanol–water partition coefficient (Wildman–Crippen LogP) is 5.90. The van der Waals surface area contributed by atoms with Crippen molar-refractivity contribution in [1.29, 1.82) is 0 Å². The maximum atomic E-state index is 13.6. The number of carbonyl (C=O) groups excluding carboxylic acids is 3. The Hall–Kier alpha value is -3.91. The lowest BCUT2D eigenvalue weighted by Crippen LogP contribution is -2.29. The number of benzene rings is 2. The van der Waals surface area contributed by atoms with Crippen LogP contribution in [0, 0.1) is 0 Å². The van der Waals surface area contributed by atoms with E-state index in [2.05, 4.69) is 22.3 Å². The molecule has 2 aromatic carbocycles. The van der Waals surface area contributed by atoms with Crippen LogP contribution in [-0.2, 0) is 27.4 Å². The van der Waals surface area contributed by atoms with Crippen LogP contribution in [0.3, 0.4) is 0 Å². The molecule has 1 N–H and O–H groups in total. The normalized spacial score (nSPS) is 15.8. The fraction of sp³-hybridized carbons (Fsp3) is 0.406. The van der Waals surface area contributed by atoms with E-state index in [0.717, 1.165) is 36.1 Å². The van der Waals surface area contributed by atoms with Gasteiger partial charge in [-0.05, 0) is 107 Å². The number of hydrogen-bond acceptors (Lipinski definition) is 6. The van der Waals surface area contributed by atoms with E-state index < -0.39 is 17.7 Å². The smallest absolute Gasteiger partial charge is 0.419 e. The third-order valence-corrected chi connectivity index (χ3v) is 7.18. The van der Waals surface area contributed by atoms with Crippen molar-refractivity contribution < 1.29 is 23.9 Å². The summed E-state index contributed by atoms with van der Waals surface area (Å²) in [5.74, 6) is -0.638. The lowest BCUT2D eigenvalue weighted by Gasteiger charge is -2.26. The second-order valence-corrected chi connectivity index (χ2v) is 11.4. The molecule has 0 spiro atoms. The standard InChI is InChI=1S/C32H37N3O5/c1-5-39-28(36)12-10-21-15-24-19-33-30(37)29(24)25(17-21)27-18-23-16-22(20-34-13-7-6-8-14-34)9-11-26(23)35(27)31(38)40-32(2,3)4/h9-12,15-18H,5-8,13-14,19-20H2,1-4H3,(H,33,37)/b12-10+. The van der Waals surface area contributed by atoms with Crippen molar-refractivity contribution in [1.82, 2.24) is 14.8 Å². The van der Waals surface area contributed by atoms with Crippen molar-refractivity contribution >= 4 is 34.9 Å². The molecule has 3 heterocycles. The van der Waals surface area contributed by atoms with E-state index in [9.17, 15) is 14.4 Å². The lowest BCUT2D eigenvalue weighted by atomic mass is 9.96. The van der Waals surface area contributed by atoms with Crippen LogP contribution in [0.25, 0.3) is 28.2 Å². The molecule has 3 aromatic rings. The van der Waals surface area contributed by atoms with Crippen LogP contribution < -0.4 is 5.32 Å². The molecule has 0 aliphatic carbocycles. The van der Waals surface area contributed by atoms with Crippen molar-refractivity contribution in [3.05, 3.63) is 64.7 Å². The number of amides is 1. The van der Waals surface area contributed by atoms with Gasteiger partial charge in [-0.15, -0.1) is 0 Å². The first-order valence-corrected chi connectivity index (χ1v) is 14.0. The minimum atomic E-state index is -0.706. The van der Waals surface area contributed by atoms with E-state index in [0.29, 0.717) is 28.9 Å². The van der Waals surface area contributed by atoms with Gasteiger partial charge in [0.25, 0.3) is 5.91 Å². The van der Waals surface area contributed by atoms with Crippen molar-refractivity contribution in [2.24, 2.45) is 0 Å². The number of piperidine rings is 1. The summed E-state index contributed by atoms with van der Waals surface area (Å²) in [5, 5.41) is 3.80. The molecular formula is C32H37N3O5. The Balaban J connectivity index is 1.64. The Morgan fingerprint density at radius 3 is 2.55 bits per heavy atom. The van der Waals surface area contributed by atoms with Crippen LogP contribution in [0.4, 0.5) is 4.79 Å². The number of likely N-dealkylation sites (tertiary alicyclic amines) is 1. The second-order valence-electron chi connectivity index (χ2n) is 11.4. The van der Waals surface area contributed by atoms with Crippen LogP contribution in [0.15, 0.2) is 42.5 Å². The Morgan fingerprint density at radius 1 is 1.05 bits per heavy atom. The molecular weight excluding hydrogens is 506 g/mol. The van der Waals surface area contributed by atoms with E-state index in [1.54, 1.807) is 17.6 Å². The van der Waals surface area contributed by atoms with Gasteiger partial charge >= 0.3 is 12.1 Å². The summed E-state index contributed by atoms with van der Waals surface area (Å²) in [4.78, 5) is 41.1. The van der Waals surface area contributed by atoms with Gasteiger partial charge in [0.2, 0.25) is 0 Å². The maximum Gasteiger partial charge on any atom is 0.419 e. The number of hydrogen-bond donors (Lipinski definition) is 1. The number of nitrogens with zero attached hydrogens (tertiary/aromatic N) is 2. The molecule has 8 heteroatoms. The molecule has 1 aromatic heterocycles. The van der Waals surface area contributed by atoms with Gasteiger partial charge in [-0.25, -0.2) is 14.2 Å². The van der Waals surface area contributed by atoms with Gasteiger partial charge in [0.15, 0.2) is 0 Å². The van der Waals surface area contributed by atoms with E-state index in [1.807, 2.05) is 45.0 Å². The van der Waals surface area contributed by atoms with Crippen molar-refractivity contribution in [2.75, 3.05) is 19.7 Å². The third kappa shape index (κ3) is 5.97. The summed E-state index contributed by atoms with van der Waals surface area (Å²) in [6.07, 6.45) is 6.24. The van der Waals surface area contributed by atoms with Gasteiger partial charge < -0.3 is 14.8 Å². The average molecular weight is 544 g/mol. The predicted molar refractivity (Wildman–Crippen MR) is 155 cm³/mol. The molecule has 1 fully saturated rings. The molecule has 210 valence electrons. The van der Waals surface area contributed by atoms with Gasteiger partial charge in [0, 0.05) is 30.1 Å². The number of nitrogens with one attached hydrogen (secondary N) is 1. The Morgan fingerprint density at radius 2 is 1.82 bits per heavy atom. The van der Waals surface area contributed by atoms with E-state index in [1.165, 1.54) is 30.9 Å². The Bertz CT molecular complexity index is 1490. The summed E-state index contributed by atoms with van der Waals surface area (Å²) in [5.41, 5.74) is 4.41. The highest BCUT2D eigenvalue weighted by molar-refractivity contribution is 6.07. The molecule has 0 unspecified atom stereocenters. The molecule has 0 radical (unpaired) electrons. The number of fused-ring (bicyclic) bond motifs is 2. The molecule has 8 nitrogen and oxygen atoms in total.